The Kier molecular flexibility index (Phi) is 5.41. The number of hydrogen-bond acceptors (Lipinski definition) is 6. The van der Waals surface area contributed by atoms with Gasteiger partial charge < -0.3 is 5.32 Å². The van der Waals surface area contributed by atoms with E-state index in [1.807, 2.05) is 31.2 Å². The molecule has 0 unspecified atom stereocenters. The van der Waals surface area contributed by atoms with Crippen molar-refractivity contribution in [1.29, 1.82) is 0 Å². The van der Waals surface area contributed by atoms with Crippen LogP contribution in [-0.4, -0.2) is 46.4 Å². The lowest BCUT2D eigenvalue weighted by Gasteiger charge is -2.10. The molecular weight excluding hydrogens is 438 g/mol. The van der Waals surface area contributed by atoms with Crippen LogP contribution in [0.25, 0.3) is 16.9 Å². The van der Waals surface area contributed by atoms with Crippen LogP contribution in [0.2, 0.25) is 0 Å². The zero-order valence-corrected chi connectivity index (χ0v) is 18.9. The van der Waals surface area contributed by atoms with Gasteiger partial charge >= 0.3 is 0 Å². The summed E-state index contributed by atoms with van der Waals surface area (Å²) in [4.78, 5) is 22.6. The Bertz CT molecular complexity index is 1430. The highest BCUT2D eigenvalue weighted by Crippen LogP contribution is 2.40. The molecule has 1 aliphatic carbocycles. The molecule has 5 rings (SSSR count). The van der Waals surface area contributed by atoms with Crippen LogP contribution >= 0.6 is 0 Å². The fraction of sp³-hybridized carbons (Fsp3) is 0.250. The number of aromatic nitrogens is 4. The van der Waals surface area contributed by atoms with Crippen LogP contribution in [0.1, 0.15) is 40.5 Å². The molecule has 0 spiro atoms. The predicted molar refractivity (Wildman–Crippen MR) is 124 cm³/mol. The van der Waals surface area contributed by atoms with Crippen LogP contribution in [0.4, 0.5) is 0 Å². The average Bonchev–Trinajstić information content (AvgIpc) is 3.63. The van der Waals surface area contributed by atoms with Crippen molar-refractivity contribution in [1.82, 2.24) is 25.1 Å². The van der Waals surface area contributed by atoms with Crippen LogP contribution < -0.4 is 5.32 Å². The number of carbonyl (C=O) groups is 1. The van der Waals surface area contributed by atoms with E-state index in [4.69, 9.17) is 4.98 Å². The van der Waals surface area contributed by atoms with Gasteiger partial charge in [-0.2, -0.15) is 9.78 Å². The quantitative estimate of drug-likeness (QED) is 0.453. The lowest BCUT2D eigenvalue weighted by molar-refractivity contribution is 0.0957. The topological polar surface area (TPSA) is 107 Å². The Hall–Kier alpha value is -3.59. The summed E-state index contributed by atoms with van der Waals surface area (Å²) in [5, 5.41) is 8.03. The Labute approximate surface area is 191 Å². The third-order valence-corrected chi connectivity index (χ3v) is 7.43. The maximum atomic E-state index is 13.2. The summed E-state index contributed by atoms with van der Waals surface area (Å²) in [5.74, 6) is 0.429. The molecule has 1 aromatic carbocycles. The van der Waals surface area contributed by atoms with E-state index in [9.17, 15) is 13.2 Å². The molecule has 33 heavy (non-hydrogen) atoms. The summed E-state index contributed by atoms with van der Waals surface area (Å²) in [6, 6.07) is 15.6. The molecule has 0 atom stereocenters. The fourth-order valence-electron chi connectivity index (χ4n) is 3.85. The molecule has 9 heteroatoms. The Morgan fingerprint density at radius 3 is 2.58 bits per heavy atom. The summed E-state index contributed by atoms with van der Waals surface area (Å²) in [6.07, 6.45) is 3.75. The maximum absolute atomic E-state index is 13.2. The standard InChI is InChI=1S/C24H23N5O3S/c1-16-22-19(24(30)26-13-14-33(31,32)18-7-3-2-4-8-18)15-20(17-10-11-17)27-23(22)29(28-16)21-9-5-6-12-25-21/h2-9,12,15,17H,10-11,13-14H2,1H3,(H,26,30). The SMILES string of the molecule is Cc1nn(-c2ccccn2)c2nc(C3CC3)cc(C(=O)NCCS(=O)(=O)c3ccccc3)c12. The van der Waals surface area contributed by atoms with Gasteiger partial charge in [-0.25, -0.2) is 18.4 Å². The van der Waals surface area contributed by atoms with Gasteiger partial charge in [0.15, 0.2) is 21.3 Å². The Morgan fingerprint density at radius 2 is 1.88 bits per heavy atom. The number of nitrogens with zero attached hydrogens (tertiary/aromatic N) is 4. The highest BCUT2D eigenvalue weighted by atomic mass is 32.2. The van der Waals surface area contributed by atoms with Crippen LogP contribution in [0.5, 0.6) is 0 Å². The third-order valence-electron chi connectivity index (χ3n) is 5.70. The van der Waals surface area contributed by atoms with Gasteiger partial charge in [0.05, 0.1) is 27.3 Å². The van der Waals surface area contributed by atoms with Crippen molar-refractivity contribution < 1.29 is 13.2 Å². The van der Waals surface area contributed by atoms with E-state index >= 15 is 0 Å². The van der Waals surface area contributed by atoms with Gasteiger partial charge in [-0.1, -0.05) is 24.3 Å². The molecule has 4 aromatic rings. The normalized spacial score (nSPS) is 13.8. The molecule has 8 nitrogen and oxygen atoms in total. The molecule has 3 heterocycles. The lowest BCUT2D eigenvalue weighted by atomic mass is 10.1. The summed E-state index contributed by atoms with van der Waals surface area (Å²) in [6.45, 7) is 1.84. The summed E-state index contributed by atoms with van der Waals surface area (Å²) in [7, 11) is -3.48. The van der Waals surface area contributed by atoms with Crippen molar-refractivity contribution >= 4 is 26.8 Å². The summed E-state index contributed by atoms with van der Waals surface area (Å²) < 4.78 is 26.8. The van der Waals surface area contributed by atoms with Crippen molar-refractivity contribution in [3.63, 3.8) is 0 Å². The van der Waals surface area contributed by atoms with Crippen LogP contribution in [0.15, 0.2) is 65.7 Å². The minimum Gasteiger partial charge on any atom is -0.351 e. The molecule has 1 amide bonds. The van der Waals surface area contributed by atoms with Gasteiger partial charge in [0, 0.05) is 24.4 Å². The number of benzene rings is 1. The van der Waals surface area contributed by atoms with E-state index in [2.05, 4.69) is 15.4 Å². The van der Waals surface area contributed by atoms with Crippen LogP contribution in [0, 0.1) is 6.92 Å². The number of aryl methyl sites for hydroxylation is 1. The number of sulfone groups is 1. The molecule has 3 aromatic heterocycles. The second kappa shape index (κ2) is 8.40. The number of hydrogen-bond donors (Lipinski definition) is 1. The van der Waals surface area contributed by atoms with Crippen molar-refractivity contribution in [2.75, 3.05) is 12.3 Å². The zero-order valence-electron chi connectivity index (χ0n) is 18.1. The van der Waals surface area contributed by atoms with Crippen molar-refractivity contribution in [3.05, 3.63) is 77.7 Å². The molecule has 1 saturated carbocycles. The molecule has 1 N–H and O–H groups in total. The second-order valence-electron chi connectivity index (χ2n) is 8.14. The Balaban J connectivity index is 1.46. The smallest absolute Gasteiger partial charge is 0.252 e. The zero-order chi connectivity index (χ0) is 23.0. The van der Waals surface area contributed by atoms with Crippen molar-refractivity contribution in [2.45, 2.75) is 30.6 Å². The molecule has 0 bridgehead atoms. The van der Waals surface area contributed by atoms with Crippen LogP contribution in [0.3, 0.4) is 0 Å². The van der Waals surface area contributed by atoms with E-state index in [0.29, 0.717) is 34.0 Å². The van der Waals surface area contributed by atoms with Gasteiger partial charge in [-0.15, -0.1) is 0 Å². The first kappa shape index (κ1) is 21.3. The number of rotatable bonds is 7. The molecule has 0 radical (unpaired) electrons. The minimum absolute atomic E-state index is 0.00602. The van der Waals surface area contributed by atoms with Crippen LogP contribution in [-0.2, 0) is 9.84 Å². The number of fused-ring (bicyclic) bond motifs is 1. The van der Waals surface area contributed by atoms with Gasteiger partial charge in [-0.3, -0.25) is 4.79 Å². The van der Waals surface area contributed by atoms with E-state index in [1.165, 1.54) is 0 Å². The molecule has 168 valence electrons. The average molecular weight is 462 g/mol. The largest absolute Gasteiger partial charge is 0.351 e. The molecule has 1 fully saturated rings. The maximum Gasteiger partial charge on any atom is 0.252 e. The first-order valence-electron chi connectivity index (χ1n) is 10.8. The highest BCUT2D eigenvalue weighted by molar-refractivity contribution is 7.91. The Morgan fingerprint density at radius 1 is 1.12 bits per heavy atom. The minimum atomic E-state index is -3.48. The van der Waals surface area contributed by atoms with Gasteiger partial charge in [0.1, 0.15) is 0 Å². The summed E-state index contributed by atoms with van der Waals surface area (Å²) >= 11 is 0. The van der Waals surface area contributed by atoms with Gasteiger partial charge in [-0.05, 0) is 50.1 Å². The van der Waals surface area contributed by atoms with Crippen molar-refractivity contribution in [3.8, 4) is 5.82 Å². The van der Waals surface area contributed by atoms with E-state index < -0.39 is 9.84 Å². The molecule has 0 saturated heterocycles. The first-order chi connectivity index (χ1) is 15.9. The number of pyridine rings is 2. The number of carbonyl (C=O) groups excluding carboxylic acids is 1. The highest BCUT2D eigenvalue weighted by Gasteiger charge is 2.29. The van der Waals surface area contributed by atoms with E-state index in [0.717, 1.165) is 18.5 Å². The monoisotopic (exact) mass is 461 g/mol. The fourth-order valence-corrected chi connectivity index (χ4v) is 5.03. The molecule has 0 aliphatic heterocycles. The van der Waals surface area contributed by atoms with E-state index in [-0.39, 0.29) is 23.1 Å². The first-order valence-corrected chi connectivity index (χ1v) is 12.5. The van der Waals surface area contributed by atoms with Crippen molar-refractivity contribution in [2.24, 2.45) is 0 Å². The predicted octanol–water partition coefficient (Wildman–Crippen LogP) is 3.21. The van der Waals surface area contributed by atoms with E-state index in [1.54, 1.807) is 41.2 Å². The molecule has 1 aliphatic rings. The van der Waals surface area contributed by atoms with Gasteiger partial charge in [0.2, 0.25) is 0 Å². The molecular formula is C24H23N5O3S. The lowest BCUT2D eigenvalue weighted by Crippen LogP contribution is -2.29. The number of amides is 1. The number of nitrogens with one attached hydrogen (secondary N) is 1. The third kappa shape index (κ3) is 4.23. The second-order valence-corrected chi connectivity index (χ2v) is 10.2. The van der Waals surface area contributed by atoms with Gasteiger partial charge in [0.25, 0.3) is 5.91 Å². The summed E-state index contributed by atoms with van der Waals surface area (Å²) in [5.41, 5.74) is 2.55.